The van der Waals surface area contributed by atoms with Gasteiger partial charge in [-0.05, 0) is 74.7 Å². The highest BCUT2D eigenvalue weighted by Crippen LogP contribution is 2.71. The first-order valence-corrected chi connectivity index (χ1v) is 14.5. The van der Waals surface area contributed by atoms with Crippen LogP contribution < -0.4 is 5.32 Å². The molecular formula is C32H44N2O4. The minimum atomic E-state index is -1.62. The van der Waals surface area contributed by atoms with E-state index in [1.54, 1.807) is 6.08 Å². The first-order valence-electron chi connectivity index (χ1n) is 14.5. The van der Waals surface area contributed by atoms with E-state index >= 15 is 0 Å². The van der Waals surface area contributed by atoms with Crippen LogP contribution in [0, 0.1) is 56.2 Å². The molecule has 0 aromatic rings. The third kappa shape index (κ3) is 3.23. The molecule has 5 aliphatic rings. The molecule has 0 aromatic carbocycles. The zero-order chi connectivity index (χ0) is 28.1. The Morgan fingerprint density at radius 1 is 1.03 bits per heavy atom. The lowest BCUT2D eigenvalue weighted by Crippen LogP contribution is -2.71. The van der Waals surface area contributed by atoms with E-state index in [0.29, 0.717) is 32.2 Å². The lowest BCUT2D eigenvalue weighted by molar-refractivity contribution is -0.210. The van der Waals surface area contributed by atoms with Gasteiger partial charge in [0.1, 0.15) is 11.7 Å². The number of aliphatic hydroxyl groups is 1. The van der Waals surface area contributed by atoms with Gasteiger partial charge in [0.15, 0.2) is 11.6 Å². The summed E-state index contributed by atoms with van der Waals surface area (Å²) in [5, 5.41) is 25.6. The van der Waals surface area contributed by atoms with E-state index in [0.717, 1.165) is 24.8 Å². The molecule has 206 valence electrons. The van der Waals surface area contributed by atoms with E-state index in [1.807, 2.05) is 26.8 Å². The number of carbonyl (C=O) groups is 3. The first kappa shape index (κ1) is 27.3. The van der Waals surface area contributed by atoms with Gasteiger partial charge in [-0.3, -0.25) is 14.4 Å². The standard InChI is InChI=1S/C32H44N2O4/c1-8-34-26(37)31-12-10-21-29(6)11-9-20-28(4,5)25(36)19(18-33)16-30(20,7)22(29)15-24(35)32(21,38)23(31)17-27(2,3)13-14-31/h15-16,20-21,23,38H,8-14,17H2,1-7H3,(H,34,37). The quantitative estimate of drug-likeness (QED) is 0.529. The number of nitrogens with one attached hydrogen (secondary N) is 1. The van der Waals surface area contributed by atoms with Crippen LogP contribution in [-0.4, -0.2) is 34.7 Å². The number of fused-ring (bicyclic) bond motifs is 7. The van der Waals surface area contributed by atoms with E-state index in [9.17, 15) is 24.8 Å². The summed E-state index contributed by atoms with van der Waals surface area (Å²) in [6.07, 6.45) is 8.48. The van der Waals surface area contributed by atoms with Crippen LogP contribution in [0.25, 0.3) is 0 Å². The summed E-state index contributed by atoms with van der Waals surface area (Å²) >= 11 is 0. The molecule has 0 saturated heterocycles. The van der Waals surface area contributed by atoms with Crippen molar-refractivity contribution in [1.82, 2.24) is 5.32 Å². The van der Waals surface area contributed by atoms with E-state index in [1.165, 1.54) is 0 Å². The zero-order valence-corrected chi connectivity index (χ0v) is 24.2. The predicted octanol–water partition coefficient (Wildman–Crippen LogP) is 5.07. The van der Waals surface area contributed by atoms with Crippen LogP contribution in [0.2, 0.25) is 0 Å². The molecule has 1 amide bonds. The molecule has 0 heterocycles. The Labute approximate surface area is 227 Å². The second-order valence-electron chi connectivity index (χ2n) is 14.8. The minimum absolute atomic E-state index is 0.0232. The number of rotatable bonds is 2. The number of hydrogen-bond donors (Lipinski definition) is 2. The van der Waals surface area contributed by atoms with Crippen LogP contribution in [0.15, 0.2) is 23.3 Å². The zero-order valence-electron chi connectivity index (χ0n) is 24.2. The second kappa shape index (κ2) is 8.13. The second-order valence-corrected chi connectivity index (χ2v) is 14.8. The van der Waals surface area contributed by atoms with Gasteiger partial charge in [-0.2, -0.15) is 5.26 Å². The summed E-state index contributed by atoms with van der Waals surface area (Å²) in [6, 6.07) is 2.13. The van der Waals surface area contributed by atoms with E-state index in [4.69, 9.17) is 0 Å². The molecule has 6 heteroatoms. The first-order chi connectivity index (χ1) is 17.5. The summed E-state index contributed by atoms with van der Waals surface area (Å²) in [5.74, 6) is -1.25. The van der Waals surface area contributed by atoms with Gasteiger partial charge >= 0.3 is 0 Å². The third-order valence-electron chi connectivity index (χ3n) is 12.0. The smallest absolute Gasteiger partial charge is 0.226 e. The van der Waals surface area contributed by atoms with Crippen molar-refractivity contribution in [3.8, 4) is 6.07 Å². The number of allylic oxidation sites excluding steroid dienone is 3. The van der Waals surface area contributed by atoms with Crippen LogP contribution >= 0.6 is 0 Å². The fourth-order valence-corrected chi connectivity index (χ4v) is 10.0. The molecule has 2 N–H and O–H groups in total. The Bertz CT molecular complexity index is 1220. The molecule has 3 fully saturated rings. The normalized spacial score (nSPS) is 44.8. The lowest BCUT2D eigenvalue weighted by Gasteiger charge is -2.67. The number of Topliss-reactive ketones (excluding diaryl/α,β-unsaturated/α-hetero) is 1. The SMILES string of the molecule is CCNC(=O)C12CCC3C4(C)CCC5C(C)(C)C(=O)C(C#N)=CC5(C)C4=CC(=O)C3(O)C1CC(C)(C)CC2. The average molecular weight is 521 g/mol. The molecule has 0 aliphatic heterocycles. The topological polar surface area (TPSA) is 107 Å². The van der Waals surface area contributed by atoms with Crippen molar-refractivity contribution < 1.29 is 19.5 Å². The Morgan fingerprint density at radius 2 is 1.68 bits per heavy atom. The molecule has 5 aliphatic carbocycles. The molecule has 0 bridgehead atoms. The van der Waals surface area contributed by atoms with Crippen molar-refractivity contribution >= 4 is 17.5 Å². The monoisotopic (exact) mass is 520 g/mol. The molecule has 7 unspecified atom stereocenters. The van der Waals surface area contributed by atoms with E-state index in [2.05, 4.69) is 39.1 Å². The van der Waals surface area contributed by atoms with Crippen LogP contribution in [-0.2, 0) is 14.4 Å². The molecule has 0 spiro atoms. The van der Waals surface area contributed by atoms with Crippen molar-refractivity contribution in [1.29, 1.82) is 5.26 Å². The maximum absolute atomic E-state index is 14.3. The molecule has 3 saturated carbocycles. The highest BCUT2D eigenvalue weighted by atomic mass is 16.3. The van der Waals surface area contributed by atoms with E-state index < -0.39 is 33.2 Å². The Morgan fingerprint density at radius 3 is 2.32 bits per heavy atom. The third-order valence-corrected chi connectivity index (χ3v) is 12.0. The molecule has 7 atom stereocenters. The van der Waals surface area contributed by atoms with Gasteiger partial charge < -0.3 is 10.4 Å². The average Bonchev–Trinajstić information content (AvgIpc) is 2.83. The number of nitriles is 1. The number of hydrogen-bond acceptors (Lipinski definition) is 5. The highest BCUT2D eigenvalue weighted by molar-refractivity contribution is 6.05. The number of carbonyl (C=O) groups excluding carboxylic acids is 3. The van der Waals surface area contributed by atoms with Gasteiger partial charge in [-0.15, -0.1) is 0 Å². The Kier molecular flexibility index (Phi) is 5.84. The summed E-state index contributed by atoms with van der Waals surface area (Å²) in [6.45, 7) is 14.9. The van der Waals surface area contributed by atoms with Crippen LogP contribution in [0.1, 0.15) is 93.4 Å². The number of ketones is 2. The Hall–Kier alpha value is -2.26. The maximum atomic E-state index is 14.3. The summed E-state index contributed by atoms with van der Waals surface area (Å²) in [4.78, 5) is 41.1. The number of amides is 1. The molecule has 0 radical (unpaired) electrons. The van der Waals surface area contributed by atoms with Crippen LogP contribution in [0.5, 0.6) is 0 Å². The van der Waals surface area contributed by atoms with Crippen molar-refractivity contribution in [2.45, 2.75) is 99.0 Å². The summed E-state index contributed by atoms with van der Waals surface area (Å²) < 4.78 is 0. The molecule has 6 nitrogen and oxygen atoms in total. The predicted molar refractivity (Wildman–Crippen MR) is 144 cm³/mol. The maximum Gasteiger partial charge on any atom is 0.226 e. The van der Waals surface area contributed by atoms with Crippen LogP contribution in [0.4, 0.5) is 0 Å². The van der Waals surface area contributed by atoms with E-state index in [-0.39, 0.29) is 40.3 Å². The fourth-order valence-electron chi connectivity index (χ4n) is 10.0. The van der Waals surface area contributed by atoms with Gasteiger partial charge in [0.05, 0.1) is 11.0 Å². The van der Waals surface area contributed by atoms with Gasteiger partial charge in [-0.25, -0.2) is 0 Å². The van der Waals surface area contributed by atoms with Crippen LogP contribution in [0.3, 0.4) is 0 Å². The van der Waals surface area contributed by atoms with Gasteiger partial charge in [-0.1, -0.05) is 53.2 Å². The molecular weight excluding hydrogens is 476 g/mol. The van der Waals surface area contributed by atoms with Crippen molar-refractivity contribution in [3.63, 3.8) is 0 Å². The minimum Gasteiger partial charge on any atom is -0.381 e. The fraction of sp³-hybridized carbons (Fsp3) is 0.750. The number of nitrogens with zero attached hydrogens (tertiary/aromatic N) is 1. The van der Waals surface area contributed by atoms with Gasteiger partial charge in [0.25, 0.3) is 0 Å². The van der Waals surface area contributed by atoms with Crippen molar-refractivity contribution in [3.05, 3.63) is 23.3 Å². The molecule has 5 rings (SSSR count). The van der Waals surface area contributed by atoms with Crippen molar-refractivity contribution in [2.75, 3.05) is 6.54 Å². The molecule has 38 heavy (non-hydrogen) atoms. The summed E-state index contributed by atoms with van der Waals surface area (Å²) in [5.41, 5.74) is -3.16. The largest absolute Gasteiger partial charge is 0.381 e. The Balaban J connectivity index is 1.69. The van der Waals surface area contributed by atoms with Gasteiger partial charge in [0, 0.05) is 29.2 Å². The van der Waals surface area contributed by atoms with Gasteiger partial charge in [0.2, 0.25) is 5.91 Å². The molecule has 0 aromatic heterocycles. The lowest BCUT2D eigenvalue weighted by atomic mass is 9.37. The van der Waals surface area contributed by atoms with Crippen molar-refractivity contribution in [2.24, 2.45) is 44.8 Å². The summed E-state index contributed by atoms with van der Waals surface area (Å²) in [7, 11) is 0. The highest BCUT2D eigenvalue weighted by Gasteiger charge is 2.72.